The summed E-state index contributed by atoms with van der Waals surface area (Å²) in [6.07, 6.45) is 3.65. The Hall–Kier alpha value is -2.85. The van der Waals surface area contributed by atoms with Gasteiger partial charge < -0.3 is 15.0 Å². The lowest BCUT2D eigenvalue weighted by molar-refractivity contribution is 0.0929. The minimum absolute atomic E-state index is 0.0278. The molecule has 3 fully saturated rings. The number of carbonyl (C=O) groups is 1. The van der Waals surface area contributed by atoms with Crippen molar-refractivity contribution >= 4 is 16.7 Å². The number of nitrogens with zero attached hydrogens (tertiary/aromatic N) is 1. The fraction of sp³-hybridized carbons (Fsp3) is 0.346. The molecule has 3 aromatic carbocycles. The van der Waals surface area contributed by atoms with Gasteiger partial charge in [0.2, 0.25) is 0 Å². The van der Waals surface area contributed by atoms with E-state index < -0.39 is 0 Å². The highest BCUT2D eigenvalue weighted by Gasteiger charge is 2.29. The molecule has 0 aliphatic carbocycles. The number of benzene rings is 3. The molecule has 30 heavy (non-hydrogen) atoms. The number of amides is 1. The van der Waals surface area contributed by atoms with Crippen LogP contribution >= 0.6 is 0 Å². The lowest BCUT2D eigenvalue weighted by Gasteiger charge is -2.26. The molecule has 6 rings (SSSR count). The van der Waals surface area contributed by atoms with Gasteiger partial charge in [0.1, 0.15) is 12.4 Å². The molecule has 2 bridgehead atoms. The van der Waals surface area contributed by atoms with Crippen molar-refractivity contribution < 1.29 is 9.53 Å². The minimum Gasteiger partial charge on any atom is -0.489 e. The second-order valence-electron chi connectivity index (χ2n) is 8.65. The summed E-state index contributed by atoms with van der Waals surface area (Å²) in [4.78, 5) is 15.4. The van der Waals surface area contributed by atoms with Gasteiger partial charge in [-0.1, -0.05) is 42.5 Å². The van der Waals surface area contributed by atoms with Gasteiger partial charge in [0.15, 0.2) is 0 Å². The SMILES string of the molecule is O=C(N[C@@H]1CC2CCN(CC2)C1)c1ccc2ccc(OCc3ccccc3)cc2c1. The maximum absolute atomic E-state index is 12.9. The van der Waals surface area contributed by atoms with Gasteiger partial charge in [0.25, 0.3) is 5.91 Å². The second-order valence-corrected chi connectivity index (χ2v) is 8.65. The Morgan fingerprint density at radius 3 is 2.60 bits per heavy atom. The Balaban J connectivity index is 1.29. The van der Waals surface area contributed by atoms with E-state index in [4.69, 9.17) is 4.74 Å². The predicted molar refractivity (Wildman–Crippen MR) is 120 cm³/mol. The molecule has 1 N–H and O–H groups in total. The molecule has 1 amide bonds. The normalized spacial score (nSPS) is 23.1. The van der Waals surface area contributed by atoms with Crippen molar-refractivity contribution in [1.29, 1.82) is 0 Å². The van der Waals surface area contributed by atoms with Crippen molar-refractivity contribution in [2.24, 2.45) is 5.92 Å². The summed E-state index contributed by atoms with van der Waals surface area (Å²) >= 11 is 0. The molecular weight excluding hydrogens is 372 g/mol. The molecule has 3 saturated heterocycles. The van der Waals surface area contributed by atoms with Crippen LogP contribution in [0.5, 0.6) is 5.75 Å². The van der Waals surface area contributed by atoms with Crippen molar-refractivity contribution in [2.45, 2.75) is 31.9 Å². The molecule has 3 heterocycles. The number of nitrogens with one attached hydrogen (secondary N) is 1. The zero-order valence-electron chi connectivity index (χ0n) is 17.2. The van der Waals surface area contributed by atoms with Crippen LogP contribution in [-0.2, 0) is 6.61 Å². The fourth-order valence-electron chi connectivity index (χ4n) is 4.76. The topological polar surface area (TPSA) is 41.6 Å². The van der Waals surface area contributed by atoms with Gasteiger partial charge in [-0.25, -0.2) is 0 Å². The third-order valence-electron chi connectivity index (χ3n) is 6.46. The first-order valence-electron chi connectivity index (χ1n) is 11.0. The van der Waals surface area contributed by atoms with Crippen LogP contribution in [0.4, 0.5) is 0 Å². The molecule has 0 saturated carbocycles. The fourth-order valence-corrected chi connectivity index (χ4v) is 4.76. The molecule has 4 nitrogen and oxygen atoms in total. The van der Waals surface area contributed by atoms with Gasteiger partial charge in [0.05, 0.1) is 0 Å². The summed E-state index contributed by atoms with van der Waals surface area (Å²) in [5.74, 6) is 1.60. The van der Waals surface area contributed by atoms with Crippen molar-refractivity contribution in [2.75, 3.05) is 19.6 Å². The van der Waals surface area contributed by atoms with Gasteiger partial charge in [-0.05, 0) is 78.9 Å². The lowest BCUT2D eigenvalue weighted by Crippen LogP contribution is -2.41. The predicted octanol–water partition coefficient (Wildman–Crippen LogP) is 4.63. The van der Waals surface area contributed by atoms with E-state index in [1.54, 1.807) is 0 Å². The molecular formula is C26H28N2O2. The molecule has 3 aliphatic heterocycles. The van der Waals surface area contributed by atoms with E-state index in [-0.39, 0.29) is 11.9 Å². The van der Waals surface area contributed by atoms with E-state index >= 15 is 0 Å². The Morgan fingerprint density at radius 2 is 1.77 bits per heavy atom. The maximum atomic E-state index is 12.9. The van der Waals surface area contributed by atoms with Gasteiger partial charge >= 0.3 is 0 Å². The number of rotatable bonds is 5. The van der Waals surface area contributed by atoms with E-state index in [0.29, 0.717) is 12.2 Å². The van der Waals surface area contributed by atoms with Crippen LogP contribution in [0.3, 0.4) is 0 Å². The Morgan fingerprint density at radius 1 is 0.967 bits per heavy atom. The Kier molecular flexibility index (Phi) is 5.41. The molecule has 3 aliphatic rings. The molecule has 0 unspecified atom stereocenters. The van der Waals surface area contributed by atoms with Crippen LogP contribution in [0.25, 0.3) is 10.8 Å². The number of piperidine rings is 1. The standard InChI is InChI=1S/C26H28N2O2/c29-26(27-24-14-19-10-12-28(17-24)13-11-19)22-7-6-21-8-9-25(16-23(21)15-22)30-18-20-4-2-1-3-5-20/h1-9,15-16,19,24H,10-14,17-18H2,(H,27,29)/t24-/m1/s1. The first-order valence-corrected chi connectivity index (χ1v) is 11.0. The summed E-state index contributed by atoms with van der Waals surface area (Å²) < 4.78 is 5.96. The highest BCUT2D eigenvalue weighted by molar-refractivity contribution is 5.99. The number of fused-ring (bicyclic) bond motifs is 5. The molecule has 3 aromatic rings. The van der Waals surface area contributed by atoms with Crippen LogP contribution < -0.4 is 10.1 Å². The molecule has 4 heteroatoms. The number of hydrogen-bond acceptors (Lipinski definition) is 3. The van der Waals surface area contributed by atoms with Crippen LogP contribution in [-0.4, -0.2) is 36.5 Å². The molecule has 1 atom stereocenters. The summed E-state index contributed by atoms with van der Waals surface area (Å²) in [5, 5.41) is 5.42. The monoisotopic (exact) mass is 400 g/mol. The third-order valence-corrected chi connectivity index (χ3v) is 6.46. The van der Waals surface area contributed by atoms with E-state index in [2.05, 4.69) is 22.3 Å². The first kappa shape index (κ1) is 19.1. The van der Waals surface area contributed by atoms with Gasteiger partial charge in [0, 0.05) is 18.2 Å². The van der Waals surface area contributed by atoms with E-state index in [1.807, 2.05) is 54.6 Å². The maximum Gasteiger partial charge on any atom is 0.251 e. The zero-order valence-corrected chi connectivity index (χ0v) is 17.2. The quantitative estimate of drug-likeness (QED) is 0.679. The summed E-state index contributed by atoms with van der Waals surface area (Å²) in [6, 6.07) is 22.4. The van der Waals surface area contributed by atoms with Gasteiger partial charge in [-0.15, -0.1) is 0 Å². The molecule has 154 valence electrons. The highest BCUT2D eigenvalue weighted by Crippen LogP contribution is 2.27. The average molecular weight is 401 g/mol. The minimum atomic E-state index is 0.0278. The summed E-state index contributed by atoms with van der Waals surface area (Å²) in [6.45, 7) is 3.87. The molecule has 0 spiro atoms. The van der Waals surface area contributed by atoms with Crippen LogP contribution in [0.15, 0.2) is 66.7 Å². The van der Waals surface area contributed by atoms with Crippen LogP contribution in [0, 0.1) is 5.92 Å². The number of ether oxygens (including phenoxy) is 1. The van der Waals surface area contributed by atoms with E-state index in [9.17, 15) is 4.79 Å². The lowest BCUT2D eigenvalue weighted by atomic mass is 9.94. The van der Waals surface area contributed by atoms with Crippen LogP contribution in [0.1, 0.15) is 35.2 Å². The van der Waals surface area contributed by atoms with Gasteiger partial charge in [-0.2, -0.15) is 0 Å². The van der Waals surface area contributed by atoms with Crippen molar-refractivity contribution in [1.82, 2.24) is 10.2 Å². The van der Waals surface area contributed by atoms with Gasteiger partial charge in [-0.3, -0.25) is 4.79 Å². The molecule has 0 radical (unpaired) electrons. The van der Waals surface area contributed by atoms with Crippen LogP contribution in [0.2, 0.25) is 0 Å². The summed E-state index contributed by atoms with van der Waals surface area (Å²) in [7, 11) is 0. The van der Waals surface area contributed by atoms with Crippen molar-refractivity contribution in [3.8, 4) is 5.75 Å². The van der Waals surface area contributed by atoms with E-state index in [1.165, 1.54) is 25.9 Å². The average Bonchev–Trinajstić information content (AvgIpc) is 3.10. The zero-order chi connectivity index (χ0) is 20.3. The van der Waals surface area contributed by atoms with Crippen molar-refractivity contribution in [3.63, 3.8) is 0 Å². The number of hydrogen-bond donors (Lipinski definition) is 1. The number of carbonyl (C=O) groups excluding carboxylic acids is 1. The Bertz CT molecular complexity index is 1010. The molecule has 0 aromatic heterocycles. The smallest absolute Gasteiger partial charge is 0.251 e. The summed E-state index contributed by atoms with van der Waals surface area (Å²) in [5.41, 5.74) is 1.85. The Labute approximate surface area is 177 Å². The largest absolute Gasteiger partial charge is 0.489 e. The van der Waals surface area contributed by atoms with Crippen molar-refractivity contribution in [3.05, 3.63) is 77.9 Å². The van der Waals surface area contributed by atoms with E-state index in [0.717, 1.165) is 41.0 Å². The first-order chi connectivity index (χ1) is 14.7. The second kappa shape index (κ2) is 8.49. The third kappa shape index (κ3) is 4.34. The highest BCUT2D eigenvalue weighted by atomic mass is 16.5.